The van der Waals surface area contributed by atoms with E-state index in [0.717, 1.165) is 19.3 Å². The van der Waals surface area contributed by atoms with Gasteiger partial charge in [-0.25, -0.2) is 4.39 Å². The Balaban J connectivity index is 1.97. The van der Waals surface area contributed by atoms with Crippen molar-refractivity contribution in [1.82, 2.24) is 5.32 Å². The van der Waals surface area contributed by atoms with E-state index in [1.807, 2.05) is 6.92 Å². The predicted octanol–water partition coefficient (Wildman–Crippen LogP) is 2.71. The number of halogens is 1. The normalized spacial score (nSPS) is 16.9. The van der Waals surface area contributed by atoms with Gasteiger partial charge in [0.05, 0.1) is 11.3 Å². The highest BCUT2D eigenvalue weighted by atomic mass is 19.1. The third kappa shape index (κ3) is 4.32. The highest BCUT2D eigenvalue weighted by Gasteiger charge is 2.43. The van der Waals surface area contributed by atoms with Crippen LogP contribution in [0, 0.1) is 11.2 Å². The summed E-state index contributed by atoms with van der Waals surface area (Å²) in [4.78, 5) is 24.0. The molecule has 0 aromatic heterocycles. The van der Waals surface area contributed by atoms with Crippen molar-refractivity contribution in [3.63, 3.8) is 0 Å². The van der Waals surface area contributed by atoms with Crippen molar-refractivity contribution in [2.24, 2.45) is 5.41 Å². The summed E-state index contributed by atoms with van der Waals surface area (Å²) in [6.07, 6.45) is 3.27. The molecule has 24 heavy (non-hydrogen) atoms. The zero-order valence-corrected chi connectivity index (χ0v) is 13.9. The van der Waals surface area contributed by atoms with Crippen LogP contribution in [0.4, 0.5) is 4.39 Å². The number of carboxylic acids is 1. The molecule has 1 aliphatic carbocycles. The molecular weight excluding hydrogens is 313 g/mol. The first-order valence-corrected chi connectivity index (χ1v) is 8.33. The Morgan fingerprint density at radius 3 is 2.50 bits per heavy atom. The van der Waals surface area contributed by atoms with Gasteiger partial charge in [0.1, 0.15) is 5.82 Å². The summed E-state index contributed by atoms with van der Waals surface area (Å²) in [6.45, 7) is 3.05. The SMILES string of the molecule is CCOCCC1(C(=O)NCC(C(=O)O)c2ccc(F)cc2)CCC1. The fraction of sp³-hybridized carbons (Fsp3) is 0.556. The van der Waals surface area contributed by atoms with Gasteiger partial charge >= 0.3 is 5.97 Å². The van der Waals surface area contributed by atoms with E-state index in [1.54, 1.807) is 0 Å². The van der Waals surface area contributed by atoms with E-state index in [9.17, 15) is 19.1 Å². The molecular formula is C18H24FNO4. The average Bonchev–Trinajstić information content (AvgIpc) is 2.51. The molecule has 1 atom stereocenters. The fourth-order valence-electron chi connectivity index (χ4n) is 3.03. The summed E-state index contributed by atoms with van der Waals surface area (Å²) in [5.74, 6) is -2.46. The van der Waals surface area contributed by atoms with E-state index >= 15 is 0 Å². The van der Waals surface area contributed by atoms with Crippen LogP contribution in [0.25, 0.3) is 0 Å². The summed E-state index contributed by atoms with van der Waals surface area (Å²) in [5.41, 5.74) is 0.0438. The van der Waals surface area contributed by atoms with Gasteiger partial charge in [-0.1, -0.05) is 18.6 Å². The number of nitrogens with one attached hydrogen (secondary N) is 1. The average molecular weight is 337 g/mol. The molecule has 132 valence electrons. The number of hydrogen-bond acceptors (Lipinski definition) is 3. The lowest BCUT2D eigenvalue weighted by atomic mass is 9.66. The predicted molar refractivity (Wildman–Crippen MR) is 87.2 cm³/mol. The van der Waals surface area contributed by atoms with E-state index in [2.05, 4.69) is 5.32 Å². The Kier molecular flexibility index (Phi) is 6.31. The van der Waals surface area contributed by atoms with Crippen molar-refractivity contribution in [3.05, 3.63) is 35.6 Å². The van der Waals surface area contributed by atoms with Crippen LogP contribution in [0.2, 0.25) is 0 Å². The van der Waals surface area contributed by atoms with E-state index < -0.39 is 23.1 Å². The number of carboxylic acid groups (broad SMARTS) is 1. The maximum Gasteiger partial charge on any atom is 0.312 e. The fourth-order valence-corrected chi connectivity index (χ4v) is 3.03. The molecule has 1 aromatic rings. The van der Waals surface area contributed by atoms with Gasteiger partial charge in [0.25, 0.3) is 0 Å². The topological polar surface area (TPSA) is 75.6 Å². The van der Waals surface area contributed by atoms with Gasteiger partial charge in [-0.2, -0.15) is 0 Å². The van der Waals surface area contributed by atoms with Crippen LogP contribution in [-0.4, -0.2) is 36.7 Å². The van der Waals surface area contributed by atoms with Crippen molar-refractivity contribution in [2.75, 3.05) is 19.8 Å². The van der Waals surface area contributed by atoms with Crippen LogP contribution in [-0.2, 0) is 14.3 Å². The Morgan fingerprint density at radius 1 is 1.33 bits per heavy atom. The van der Waals surface area contributed by atoms with Crippen LogP contribution < -0.4 is 5.32 Å². The van der Waals surface area contributed by atoms with Gasteiger partial charge in [-0.05, 0) is 43.9 Å². The summed E-state index contributed by atoms with van der Waals surface area (Å²) >= 11 is 0. The lowest BCUT2D eigenvalue weighted by Gasteiger charge is -2.40. The van der Waals surface area contributed by atoms with Crippen LogP contribution in [0.5, 0.6) is 0 Å². The maximum absolute atomic E-state index is 13.0. The molecule has 1 unspecified atom stereocenters. The number of amides is 1. The molecule has 0 saturated heterocycles. The minimum absolute atomic E-state index is 0.00379. The molecule has 1 saturated carbocycles. The standard InChI is InChI=1S/C18H24FNO4/c1-2-24-11-10-18(8-3-9-18)17(23)20-12-15(16(21)22)13-4-6-14(19)7-5-13/h4-7,15H,2-3,8-12H2,1H3,(H,20,23)(H,21,22). The van der Waals surface area contributed by atoms with Gasteiger partial charge in [0.15, 0.2) is 0 Å². The van der Waals surface area contributed by atoms with Crippen LogP contribution in [0.3, 0.4) is 0 Å². The first-order chi connectivity index (χ1) is 11.5. The lowest BCUT2D eigenvalue weighted by molar-refractivity contribution is -0.140. The third-order valence-electron chi connectivity index (χ3n) is 4.76. The monoisotopic (exact) mass is 337 g/mol. The van der Waals surface area contributed by atoms with Crippen molar-refractivity contribution in [2.45, 2.75) is 38.5 Å². The second-order valence-corrected chi connectivity index (χ2v) is 6.23. The van der Waals surface area contributed by atoms with E-state index in [1.165, 1.54) is 24.3 Å². The minimum Gasteiger partial charge on any atom is -0.481 e. The maximum atomic E-state index is 13.0. The summed E-state index contributed by atoms with van der Waals surface area (Å²) in [7, 11) is 0. The van der Waals surface area contributed by atoms with Gasteiger partial charge < -0.3 is 15.2 Å². The number of benzene rings is 1. The van der Waals surface area contributed by atoms with Crippen molar-refractivity contribution >= 4 is 11.9 Å². The summed E-state index contributed by atoms with van der Waals surface area (Å²) in [5, 5.41) is 12.2. The van der Waals surface area contributed by atoms with Gasteiger partial charge in [0, 0.05) is 19.8 Å². The quantitative estimate of drug-likeness (QED) is 0.679. The zero-order valence-electron chi connectivity index (χ0n) is 13.9. The van der Waals surface area contributed by atoms with Gasteiger partial charge in [0.2, 0.25) is 5.91 Å². The second kappa shape index (κ2) is 8.24. The summed E-state index contributed by atoms with van der Waals surface area (Å²) < 4.78 is 18.3. The van der Waals surface area contributed by atoms with Crippen molar-refractivity contribution in [3.8, 4) is 0 Å². The van der Waals surface area contributed by atoms with E-state index in [4.69, 9.17) is 4.74 Å². The molecule has 1 aliphatic rings. The molecule has 0 bridgehead atoms. The van der Waals surface area contributed by atoms with Crippen molar-refractivity contribution < 1.29 is 23.8 Å². The van der Waals surface area contributed by atoms with Crippen LogP contribution in [0.15, 0.2) is 24.3 Å². The number of carbonyl (C=O) groups is 2. The Morgan fingerprint density at radius 2 is 2.00 bits per heavy atom. The molecule has 1 fully saturated rings. The lowest BCUT2D eigenvalue weighted by Crippen LogP contribution is -2.47. The molecule has 5 nitrogen and oxygen atoms in total. The number of ether oxygens (including phenoxy) is 1. The highest BCUT2D eigenvalue weighted by molar-refractivity contribution is 5.84. The summed E-state index contributed by atoms with van der Waals surface area (Å²) in [6, 6.07) is 5.33. The van der Waals surface area contributed by atoms with Gasteiger partial charge in [-0.15, -0.1) is 0 Å². The molecule has 0 aliphatic heterocycles. The molecule has 0 radical (unpaired) electrons. The Labute approximate surface area is 141 Å². The first kappa shape index (κ1) is 18.4. The van der Waals surface area contributed by atoms with E-state index in [0.29, 0.717) is 25.2 Å². The molecule has 1 amide bonds. The van der Waals surface area contributed by atoms with Crippen molar-refractivity contribution in [1.29, 1.82) is 0 Å². The van der Waals surface area contributed by atoms with E-state index in [-0.39, 0.29) is 12.5 Å². The van der Waals surface area contributed by atoms with Gasteiger partial charge in [-0.3, -0.25) is 9.59 Å². The smallest absolute Gasteiger partial charge is 0.312 e. The molecule has 0 spiro atoms. The Bertz CT molecular complexity index is 569. The molecule has 6 heteroatoms. The highest BCUT2D eigenvalue weighted by Crippen LogP contribution is 2.44. The number of rotatable bonds is 9. The van der Waals surface area contributed by atoms with Crippen LogP contribution in [0.1, 0.15) is 44.1 Å². The first-order valence-electron chi connectivity index (χ1n) is 8.33. The third-order valence-corrected chi connectivity index (χ3v) is 4.76. The molecule has 1 aromatic carbocycles. The largest absolute Gasteiger partial charge is 0.481 e. The molecule has 2 rings (SSSR count). The Hall–Kier alpha value is -1.95. The molecule has 0 heterocycles. The van der Waals surface area contributed by atoms with Crippen LogP contribution >= 0.6 is 0 Å². The number of carbonyl (C=O) groups excluding carboxylic acids is 1. The zero-order chi connectivity index (χ0) is 17.6. The molecule has 2 N–H and O–H groups in total. The number of aliphatic carboxylic acids is 1. The second-order valence-electron chi connectivity index (χ2n) is 6.23. The minimum atomic E-state index is -1.04. The number of hydrogen-bond donors (Lipinski definition) is 2.